The molecule has 9 nitrogen and oxygen atoms in total. The Hall–Kier alpha value is -2.97. The zero-order chi connectivity index (χ0) is 13.8. The Kier molecular flexibility index (Phi) is 3.37. The van der Waals surface area contributed by atoms with E-state index in [1.807, 2.05) is 0 Å². The van der Waals surface area contributed by atoms with Crippen molar-refractivity contribution in [3.63, 3.8) is 0 Å². The first-order valence-corrected chi connectivity index (χ1v) is 5.15. The van der Waals surface area contributed by atoms with Crippen molar-refractivity contribution in [1.29, 1.82) is 0 Å². The van der Waals surface area contributed by atoms with Crippen molar-refractivity contribution in [2.45, 2.75) is 0 Å². The summed E-state index contributed by atoms with van der Waals surface area (Å²) in [6, 6.07) is 4.68. The molecule has 19 heavy (non-hydrogen) atoms. The quantitative estimate of drug-likeness (QED) is 0.683. The minimum absolute atomic E-state index is 0.0712. The molecule has 98 valence electrons. The van der Waals surface area contributed by atoms with E-state index in [4.69, 9.17) is 10.5 Å². The van der Waals surface area contributed by atoms with E-state index < -0.39 is 11.8 Å². The average molecular weight is 262 g/mol. The van der Waals surface area contributed by atoms with E-state index in [-0.39, 0.29) is 22.8 Å². The van der Waals surface area contributed by atoms with Crippen LogP contribution >= 0.6 is 0 Å². The average Bonchev–Trinajstić information content (AvgIpc) is 2.92. The molecule has 2 amide bonds. The first kappa shape index (κ1) is 12.5. The number of anilines is 1. The number of hydrogen-bond acceptors (Lipinski definition) is 6. The van der Waals surface area contributed by atoms with Crippen molar-refractivity contribution in [1.82, 2.24) is 20.6 Å². The second kappa shape index (κ2) is 5.12. The minimum atomic E-state index is -0.721. The molecule has 0 saturated carbocycles. The molecule has 0 fully saturated rings. The van der Waals surface area contributed by atoms with Crippen LogP contribution in [0.5, 0.6) is 5.75 Å². The summed E-state index contributed by atoms with van der Waals surface area (Å²) in [6.07, 6.45) is 0. The van der Waals surface area contributed by atoms with Crippen molar-refractivity contribution in [2.24, 2.45) is 5.73 Å². The number of amides is 2. The topological polar surface area (TPSA) is 136 Å². The molecule has 0 radical (unpaired) electrons. The van der Waals surface area contributed by atoms with Gasteiger partial charge in [0.15, 0.2) is 0 Å². The van der Waals surface area contributed by atoms with Gasteiger partial charge in [0.1, 0.15) is 11.3 Å². The number of nitrogens with two attached hydrogens (primary N) is 1. The number of tetrazole rings is 1. The fourth-order valence-electron chi connectivity index (χ4n) is 1.50. The largest absolute Gasteiger partial charge is 0.496 e. The number of hydrogen-bond donors (Lipinski definition) is 3. The zero-order valence-corrected chi connectivity index (χ0v) is 9.88. The highest BCUT2D eigenvalue weighted by molar-refractivity contribution is 6.08. The number of carbonyl (C=O) groups is 2. The smallest absolute Gasteiger partial charge is 0.297 e. The van der Waals surface area contributed by atoms with Crippen molar-refractivity contribution < 1.29 is 14.3 Å². The summed E-state index contributed by atoms with van der Waals surface area (Å²) in [4.78, 5) is 23.2. The number of methoxy groups -OCH3 is 1. The maximum Gasteiger partial charge on any atom is 0.297 e. The second-order valence-corrected chi connectivity index (χ2v) is 3.44. The maximum atomic E-state index is 11.8. The normalized spacial score (nSPS) is 9.95. The van der Waals surface area contributed by atoms with E-state index in [0.29, 0.717) is 0 Å². The van der Waals surface area contributed by atoms with E-state index in [1.54, 1.807) is 12.1 Å². The van der Waals surface area contributed by atoms with Crippen LogP contribution in [0.25, 0.3) is 0 Å². The van der Waals surface area contributed by atoms with E-state index in [0.717, 1.165) is 0 Å². The Labute approximate surface area is 107 Å². The van der Waals surface area contributed by atoms with Crippen LogP contribution < -0.4 is 15.8 Å². The van der Waals surface area contributed by atoms with Gasteiger partial charge in [0.05, 0.1) is 12.8 Å². The summed E-state index contributed by atoms with van der Waals surface area (Å²) in [5.41, 5.74) is 5.55. The number of ether oxygens (including phenoxy) is 1. The molecule has 9 heteroatoms. The summed E-state index contributed by atoms with van der Waals surface area (Å²) in [5.74, 6) is -1.23. The molecule has 0 bridgehead atoms. The number of aromatic nitrogens is 4. The van der Waals surface area contributed by atoms with Gasteiger partial charge < -0.3 is 15.8 Å². The molecule has 4 N–H and O–H groups in total. The molecule has 2 rings (SSSR count). The third-order valence-corrected chi connectivity index (χ3v) is 2.29. The van der Waals surface area contributed by atoms with Crippen molar-refractivity contribution in [3.05, 3.63) is 29.6 Å². The molecule has 0 aliphatic heterocycles. The molecular formula is C10H10N6O3. The van der Waals surface area contributed by atoms with Crippen LogP contribution in [-0.2, 0) is 0 Å². The predicted octanol–water partition coefficient (Wildman–Crippen LogP) is -0.441. The summed E-state index contributed by atoms with van der Waals surface area (Å²) < 4.78 is 5.02. The van der Waals surface area contributed by atoms with Gasteiger partial charge in [0.25, 0.3) is 17.6 Å². The van der Waals surface area contributed by atoms with Crippen LogP contribution in [-0.4, -0.2) is 39.5 Å². The van der Waals surface area contributed by atoms with Gasteiger partial charge in [-0.15, -0.1) is 10.2 Å². The fraction of sp³-hybridized carbons (Fsp3) is 0.100. The van der Waals surface area contributed by atoms with Crippen LogP contribution in [0.3, 0.4) is 0 Å². The Morgan fingerprint density at radius 1 is 1.42 bits per heavy atom. The molecule has 1 aromatic heterocycles. The van der Waals surface area contributed by atoms with E-state index in [2.05, 4.69) is 25.9 Å². The number of aromatic amines is 1. The first-order valence-electron chi connectivity index (χ1n) is 5.15. The zero-order valence-electron chi connectivity index (χ0n) is 9.88. The molecule has 0 unspecified atom stereocenters. The Balaban J connectivity index is 2.35. The third kappa shape index (κ3) is 2.49. The monoisotopic (exact) mass is 262 g/mol. The number of nitrogens with one attached hydrogen (secondary N) is 2. The molecule has 0 atom stereocenters. The Morgan fingerprint density at radius 2 is 2.21 bits per heavy atom. The Morgan fingerprint density at radius 3 is 2.79 bits per heavy atom. The molecule has 1 heterocycles. The van der Waals surface area contributed by atoms with Crippen LogP contribution in [0, 0.1) is 0 Å². The lowest BCUT2D eigenvalue weighted by Gasteiger charge is -2.11. The van der Waals surface area contributed by atoms with Gasteiger partial charge in [0.2, 0.25) is 0 Å². The van der Waals surface area contributed by atoms with Gasteiger partial charge in [-0.1, -0.05) is 6.07 Å². The molecule has 2 aromatic rings. The highest BCUT2D eigenvalue weighted by Crippen LogP contribution is 2.25. The number of benzene rings is 1. The molecule has 1 aromatic carbocycles. The van der Waals surface area contributed by atoms with Crippen molar-refractivity contribution in [2.75, 3.05) is 12.4 Å². The summed E-state index contributed by atoms with van der Waals surface area (Å²) in [6.45, 7) is 0. The lowest BCUT2D eigenvalue weighted by molar-refractivity contribution is 0.0998. The molecule has 0 aliphatic rings. The molecular weight excluding hydrogens is 252 g/mol. The van der Waals surface area contributed by atoms with E-state index >= 15 is 0 Å². The van der Waals surface area contributed by atoms with Crippen molar-refractivity contribution >= 4 is 17.5 Å². The van der Waals surface area contributed by atoms with Gasteiger partial charge in [-0.05, 0) is 17.3 Å². The second-order valence-electron chi connectivity index (χ2n) is 3.44. The maximum absolute atomic E-state index is 11.8. The van der Waals surface area contributed by atoms with Gasteiger partial charge in [-0.25, -0.2) is 0 Å². The van der Waals surface area contributed by atoms with Crippen LogP contribution in [0.1, 0.15) is 21.0 Å². The highest BCUT2D eigenvalue weighted by atomic mass is 16.5. The number of rotatable bonds is 4. The minimum Gasteiger partial charge on any atom is -0.496 e. The summed E-state index contributed by atoms with van der Waals surface area (Å²) >= 11 is 0. The molecule has 0 spiro atoms. The number of H-pyrrole nitrogens is 1. The lowest BCUT2D eigenvalue weighted by Crippen LogP contribution is -2.20. The van der Waals surface area contributed by atoms with E-state index in [1.165, 1.54) is 13.2 Å². The SMILES string of the molecule is COc1cccc(NC(=O)c2nn[nH]n2)c1C(N)=O. The van der Waals surface area contributed by atoms with Gasteiger partial charge in [0, 0.05) is 0 Å². The summed E-state index contributed by atoms with van der Waals surface area (Å²) in [7, 11) is 1.40. The van der Waals surface area contributed by atoms with Gasteiger partial charge in [-0.2, -0.15) is 5.21 Å². The Bertz CT molecular complexity index is 610. The van der Waals surface area contributed by atoms with Crippen LogP contribution in [0.2, 0.25) is 0 Å². The fourth-order valence-corrected chi connectivity index (χ4v) is 1.50. The van der Waals surface area contributed by atoms with Crippen LogP contribution in [0.15, 0.2) is 18.2 Å². The summed E-state index contributed by atoms with van der Waals surface area (Å²) in [5, 5.41) is 14.9. The van der Waals surface area contributed by atoms with Gasteiger partial charge in [-0.3, -0.25) is 9.59 Å². The van der Waals surface area contributed by atoms with E-state index in [9.17, 15) is 9.59 Å². The number of carbonyl (C=O) groups excluding carboxylic acids is 2. The van der Waals surface area contributed by atoms with Gasteiger partial charge >= 0.3 is 0 Å². The van der Waals surface area contributed by atoms with Crippen molar-refractivity contribution in [3.8, 4) is 5.75 Å². The third-order valence-electron chi connectivity index (χ3n) is 2.29. The first-order chi connectivity index (χ1) is 9.13. The lowest BCUT2D eigenvalue weighted by atomic mass is 10.1. The number of nitrogens with zero attached hydrogens (tertiary/aromatic N) is 3. The predicted molar refractivity (Wildman–Crippen MR) is 63.6 cm³/mol. The molecule has 0 saturated heterocycles. The highest BCUT2D eigenvalue weighted by Gasteiger charge is 2.18. The standard InChI is InChI=1S/C10H10N6O3/c1-19-6-4-2-3-5(7(6)8(11)17)12-10(18)9-13-15-16-14-9/h2-4H,1H3,(H2,11,17)(H,12,18)(H,13,14,15,16). The number of primary amides is 1. The molecule has 0 aliphatic carbocycles. The van der Waals surface area contributed by atoms with Crippen LogP contribution in [0.4, 0.5) is 5.69 Å².